The second-order valence-electron chi connectivity index (χ2n) is 14.2. The average molecular weight is 498 g/mol. The van der Waals surface area contributed by atoms with Crippen LogP contribution in [0.4, 0.5) is 0 Å². The van der Waals surface area contributed by atoms with E-state index in [4.69, 9.17) is 0 Å². The van der Waals surface area contributed by atoms with E-state index in [1.807, 2.05) is 19.9 Å². The zero-order valence-corrected chi connectivity index (χ0v) is 23.8. The first-order valence-corrected chi connectivity index (χ1v) is 13.9. The second-order valence-corrected chi connectivity index (χ2v) is 14.2. The first-order chi connectivity index (χ1) is 16.5. The quantitative estimate of drug-likeness (QED) is 0.384. The first kappa shape index (κ1) is 28.6. The van der Waals surface area contributed by atoms with Gasteiger partial charge in [0.2, 0.25) is 0 Å². The number of nitriles is 1. The molecular weight excluding hydrogens is 450 g/mol. The molecule has 1 N–H and O–H groups in total. The van der Waals surface area contributed by atoms with Crippen LogP contribution in [0.1, 0.15) is 113 Å². The van der Waals surface area contributed by atoms with Crippen LogP contribution in [-0.4, -0.2) is 22.6 Å². The molecule has 5 nitrogen and oxygen atoms in total. The number of rotatable bonds is 8. The summed E-state index contributed by atoms with van der Waals surface area (Å²) in [6.45, 7) is 17.0. The molecule has 0 aromatic rings. The van der Waals surface area contributed by atoms with E-state index in [-0.39, 0.29) is 51.1 Å². The Balaban J connectivity index is 1.95. The van der Waals surface area contributed by atoms with Gasteiger partial charge in [-0.3, -0.25) is 14.4 Å². The lowest BCUT2D eigenvalue weighted by Gasteiger charge is -2.65. The molecule has 3 aliphatic carbocycles. The molecule has 0 spiro atoms. The maximum Gasteiger partial charge on any atom is 0.309 e. The zero-order chi connectivity index (χ0) is 27.3. The van der Waals surface area contributed by atoms with Gasteiger partial charge in [-0.2, -0.15) is 5.26 Å². The maximum absolute atomic E-state index is 13.3. The van der Waals surface area contributed by atoms with E-state index in [1.165, 1.54) is 0 Å². The summed E-state index contributed by atoms with van der Waals surface area (Å²) in [5.74, 6) is -0.665. The third-order valence-electron chi connectivity index (χ3n) is 11.6. The van der Waals surface area contributed by atoms with Gasteiger partial charge in [0.1, 0.15) is 11.9 Å². The van der Waals surface area contributed by atoms with Crippen LogP contribution in [0.15, 0.2) is 11.6 Å². The van der Waals surface area contributed by atoms with E-state index >= 15 is 0 Å². The molecule has 3 rings (SSSR count). The number of carboxylic acid groups (broad SMARTS) is 1. The number of Topliss-reactive ketones (excluding diaryl/α,β-unsaturated/α-hetero) is 2. The number of hydrogen-bond acceptors (Lipinski definition) is 4. The summed E-state index contributed by atoms with van der Waals surface area (Å²) in [5.41, 5.74) is -1.39. The van der Waals surface area contributed by atoms with Crippen molar-refractivity contribution in [3.63, 3.8) is 0 Å². The lowest BCUT2D eigenvalue weighted by atomic mass is 9.38. The Morgan fingerprint density at radius 2 is 1.81 bits per heavy atom. The van der Waals surface area contributed by atoms with Crippen LogP contribution in [0.2, 0.25) is 0 Å². The minimum Gasteiger partial charge on any atom is -0.481 e. The van der Waals surface area contributed by atoms with Gasteiger partial charge in [0, 0.05) is 18.8 Å². The topological polar surface area (TPSA) is 95.2 Å². The van der Waals surface area contributed by atoms with Gasteiger partial charge in [0.05, 0.1) is 11.0 Å². The summed E-state index contributed by atoms with van der Waals surface area (Å²) in [7, 11) is 0. The van der Waals surface area contributed by atoms with Gasteiger partial charge in [-0.05, 0) is 78.9 Å². The summed E-state index contributed by atoms with van der Waals surface area (Å²) in [6, 6.07) is 2.13. The maximum atomic E-state index is 13.3. The third kappa shape index (κ3) is 4.59. The molecule has 0 aromatic carbocycles. The fourth-order valence-corrected chi connectivity index (χ4v) is 7.94. The molecule has 7 atom stereocenters. The molecule has 36 heavy (non-hydrogen) atoms. The number of carboxylic acids is 1. The summed E-state index contributed by atoms with van der Waals surface area (Å²) < 4.78 is 0. The summed E-state index contributed by atoms with van der Waals surface area (Å²) in [6.07, 6.45) is 8.36. The van der Waals surface area contributed by atoms with Gasteiger partial charge in [-0.15, -0.1) is 0 Å². The molecule has 0 aliphatic heterocycles. The van der Waals surface area contributed by atoms with Crippen LogP contribution in [-0.2, 0) is 14.4 Å². The zero-order valence-electron chi connectivity index (χ0n) is 23.8. The minimum atomic E-state index is -0.831. The van der Waals surface area contributed by atoms with Crippen LogP contribution in [0, 0.1) is 56.2 Å². The molecule has 5 heteroatoms. The number of nitrogens with zero attached hydrogens (tertiary/aromatic N) is 1. The highest BCUT2D eigenvalue weighted by atomic mass is 16.4. The number of carbonyl (C=O) groups is 3. The van der Waals surface area contributed by atoms with Gasteiger partial charge < -0.3 is 5.11 Å². The van der Waals surface area contributed by atoms with Crippen molar-refractivity contribution < 1.29 is 19.5 Å². The van der Waals surface area contributed by atoms with Crippen molar-refractivity contribution >= 4 is 17.5 Å². The van der Waals surface area contributed by atoms with Crippen molar-refractivity contribution in [2.75, 3.05) is 0 Å². The van der Waals surface area contributed by atoms with Crippen molar-refractivity contribution in [2.24, 2.45) is 44.8 Å². The van der Waals surface area contributed by atoms with Crippen LogP contribution in [0.25, 0.3) is 0 Å². The van der Waals surface area contributed by atoms with Crippen molar-refractivity contribution in [3.8, 4) is 6.07 Å². The average Bonchev–Trinajstić information content (AvgIpc) is 2.80. The van der Waals surface area contributed by atoms with Crippen molar-refractivity contribution in [2.45, 2.75) is 113 Å². The number of fused-ring (bicyclic) bond motifs is 3. The van der Waals surface area contributed by atoms with Crippen LogP contribution < -0.4 is 0 Å². The number of allylic oxidation sites excluding steroid dienone is 2. The predicted octanol–water partition coefficient (Wildman–Crippen LogP) is 7.15. The molecule has 3 aliphatic rings. The Morgan fingerprint density at radius 3 is 2.36 bits per heavy atom. The SMILES string of the molecule is CCC(C)(C)CC[C@@](C)(CC[C@]1(C)CC(=O)C[C@@H]2[C@@]3(C)C=C(C#N)C(=O)[C@@H](C)[C@@H]3CC[C@]21C)C(=O)O. The Bertz CT molecular complexity index is 1000. The highest BCUT2D eigenvalue weighted by molar-refractivity contribution is 6.01. The van der Waals surface area contributed by atoms with E-state index in [2.05, 4.69) is 47.6 Å². The third-order valence-corrected chi connectivity index (χ3v) is 11.6. The molecule has 0 amide bonds. The van der Waals surface area contributed by atoms with Crippen molar-refractivity contribution in [1.29, 1.82) is 5.26 Å². The molecule has 2 saturated carbocycles. The Kier molecular flexibility index (Phi) is 7.48. The molecule has 0 heterocycles. The molecule has 2 fully saturated rings. The predicted molar refractivity (Wildman–Crippen MR) is 141 cm³/mol. The van der Waals surface area contributed by atoms with E-state index < -0.39 is 16.8 Å². The Labute approximate surface area is 218 Å². The van der Waals surface area contributed by atoms with E-state index in [0.717, 1.165) is 25.7 Å². The number of hydrogen-bond donors (Lipinski definition) is 1. The van der Waals surface area contributed by atoms with Gasteiger partial charge in [-0.25, -0.2) is 0 Å². The Morgan fingerprint density at radius 1 is 1.17 bits per heavy atom. The molecule has 0 aromatic heterocycles. The van der Waals surface area contributed by atoms with Gasteiger partial charge in [0.15, 0.2) is 5.78 Å². The van der Waals surface area contributed by atoms with E-state index in [9.17, 15) is 24.8 Å². The fraction of sp³-hybridized carbons (Fsp3) is 0.806. The standard InChI is InChI=1S/C31H47NO4/c1-9-27(3,4)12-13-28(5,26(35)36)14-15-29(6)18-22(33)16-24-30(7)17-21(19-32)25(34)20(2)23(30)10-11-31(24,29)8/h17,20,23-24H,9-16,18H2,1-8H3,(H,35,36)/t20-,23-,24+,28-,29+,30-,31+/m0/s1. The van der Waals surface area contributed by atoms with Crippen LogP contribution in [0.5, 0.6) is 0 Å². The molecular formula is C31H47NO4. The molecule has 200 valence electrons. The van der Waals surface area contributed by atoms with Gasteiger partial charge >= 0.3 is 5.97 Å². The number of ketones is 2. The van der Waals surface area contributed by atoms with Crippen LogP contribution >= 0.6 is 0 Å². The van der Waals surface area contributed by atoms with Crippen molar-refractivity contribution in [3.05, 3.63) is 11.6 Å². The molecule has 0 saturated heterocycles. The van der Waals surface area contributed by atoms with Crippen molar-refractivity contribution in [1.82, 2.24) is 0 Å². The van der Waals surface area contributed by atoms with E-state index in [1.54, 1.807) is 0 Å². The highest BCUT2D eigenvalue weighted by Gasteiger charge is 2.64. The lowest BCUT2D eigenvalue weighted by Crippen LogP contribution is -2.61. The lowest BCUT2D eigenvalue weighted by molar-refractivity contribution is -0.169. The summed E-state index contributed by atoms with van der Waals surface area (Å²) >= 11 is 0. The second kappa shape index (κ2) is 9.41. The minimum absolute atomic E-state index is 0.0315. The Hall–Kier alpha value is -1.96. The smallest absolute Gasteiger partial charge is 0.309 e. The van der Waals surface area contributed by atoms with Gasteiger partial charge in [-0.1, -0.05) is 61.0 Å². The summed E-state index contributed by atoms with van der Waals surface area (Å²) in [5, 5.41) is 19.9. The fourth-order valence-electron chi connectivity index (χ4n) is 7.94. The van der Waals surface area contributed by atoms with E-state index in [0.29, 0.717) is 32.1 Å². The van der Waals surface area contributed by atoms with Crippen LogP contribution in [0.3, 0.4) is 0 Å². The largest absolute Gasteiger partial charge is 0.481 e. The van der Waals surface area contributed by atoms with Gasteiger partial charge in [0.25, 0.3) is 0 Å². The molecule has 0 bridgehead atoms. The highest BCUT2D eigenvalue weighted by Crippen LogP contribution is 2.69. The first-order valence-electron chi connectivity index (χ1n) is 13.9. The molecule has 0 radical (unpaired) electrons. The monoisotopic (exact) mass is 497 g/mol. The molecule has 0 unspecified atom stereocenters. The number of carbonyl (C=O) groups excluding carboxylic acids is 2. The number of aliphatic carboxylic acids is 1. The summed E-state index contributed by atoms with van der Waals surface area (Å²) in [4.78, 5) is 38.5. The normalized spacial score (nSPS) is 38.3.